The van der Waals surface area contributed by atoms with Gasteiger partial charge < -0.3 is 10.5 Å². The van der Waals surface area contributed by atoms with Crippen molar-refractivity contribution in [1.82, 2.24) is 4.31 Å². The van der Waals surface area contributed by atoms with Crippen LogP contribution in [-0.2, 0) is 21.3 Å². The number of sulfonamides is 1. The number of nitrogens with zero attached hydrogens (tertiary/aromatic N) is 1. The lowest BCUT2D eigenvalue weighted by Crippen LogP contribution is -2.51. The second-order valence-electron chi connectivity index (χ2n) is 5.44. The number of halogens is 1. The van der Waals surface area contributed by atoms with E-state index in [2.05, 4.69) is 0 Å². The van der Waals surface area contributed by atoms with E-state index in [9.17, 15) is 12.8 Å². The van der Waals surface area contributed by atoms with Crippen LogP contribution in [0.5, 0.6) is 0 Å². The molecule has 0 radical (unpaired) electrons. The molecule has 0 spiro atoms. The van der Waals surface area contributed by atoms with Crippen LogP contribution >= 0.6 is 0 Å². The van der Waals surface area contributed by atoms with Gasteiger partial charge in [-0.3, -0.25) is 0 Å². The van der Waals surface area contributed by atoms with Crippen molar-refractivity contribution < 1.29 is 17.5 Å². The van der Waals surface area contributed by atoms with Crippen LogP contribution in [0.25, 0.3) is 0 Å². The minimum atomic E-state index is -3.75. The Morgan fingerprint density at radius 3 is 2.95 bits per heavy atom. The SMILES string of the molecule is NCc1c(F)cccc1S(=O)(=O)N1CCOC2CCCC21. The number of morpholine rings is 1. The number of ether oxygens (including phenoxy) is 1. The molecule has 2 atom stereocenters. The summed E-state index contributed by atoms with van der Waals surface area (Å²) in [6.45, 7) is 0.553. The number of hydrogen-bond acceptors (Lipinski definition) is 4. The quantitative estimate of drug-likeness (QED) is 0.911. The Kier molecular flexibility index (Phi) is 4.00. The molecule has 3 rings (SSSR count). The van der Waals surface area contributed by atoms with E-state index in [1.54, 1.807) is 0 Å². The van der Waals surface area contributed by atoms with Gasteiger partial charge in [0.1, 0.15) is 5.82 Å². The van der Waals surface area contributed by atoms with Crippen molar-refractivity contribution in [1.29, 1.82) is 0 Å². The highest BCUT2D eigenvalue weighted by atomic mass is 32.2. The maximum Gasteiger partial charge on any atom is 0.243 e. The molecule has 7 heteroatoms. The Morgan fingerprint density at radius 1 is 1.38 bits per heavy atom. The van der Waals surface area contributed by atoms with Gasteiger partial charge in [0.2, 0.25) is 10.0 Å². The lowest BCUT2D eigenvalue weighted by Gasteiger charge is -2.36. The van der Waals surface area contributed by atoms with Crippen LogP contribution in [0.15, 0.2) is 23.1 Å². The summed E-state index contributed by atoms with van der Waals surface area (Å²) in [4.78, 5) is -0.0162. The topological polar surface area (TPSA) is 72.6 Å². The molecule has 0 amide bonds. The summed E-state index contributed by atoms with van der Waals surface area (Å²) in [5.41, 5.74) is 5.59. The standard InChI is InChI=1S/C14H19FN2O3S/c15-11-3-1-6-14(10(11)9-16)21(18,19)17-7-8-20-13-5-2-4-12(13)17/h1,3,6,12-13H,2,4-5,7-9,16H2. The zero-order valence-electron chi connectivity index (χ0n) is 11.7. The molecule has 5 nitrogen and oxygen atoms in total. The van der Waals surface area contributed by atoms with Gasteiger partial charge in [-0.25, -0.2) is 12.8 Å². The highest BCUT2D eigenvalue weighted by molar-refractivity contribution is 7.89. The van der Waals surface area contributed by atoms with E-state index in [0.29, 0.717) is 13.2 Å². The molecule has 2 N–H and O–H groups in total. The first kappa shape index (κ1) is 14.9. The van der Waals surface area contributed by atoms with Gasteiger partial charge in [-0.15, -0.1) is 0 Å². The number of rotatable bonds is 3. The van der Waals surface area contributed by atoms with E-state index in [1.165, 1.54) is 22.5 Å². The van der Waals surface area contributed by atoms with Crippen LogP contribution in [0.4, 0.5) is 4.39 Å². The molecule has 21 heavy (non-hydrogen) atoms. The molecule has 1 aromatic carbocycles. The van der Waals surface area contributed by atoms with E-state index in [4.69, 9.17) is 10.5 Å². The first-order chi connectivity index (χ1) is 10.1. The molecule has 1 saturated carbocycles. The molecule has 0 bridgehead atoms. The molecule has 0 aromatic heterocycles. The van der Waals surface area contributed by atoms with Crippen molar-refractivity contribution in [2.24, 2.45) is 5.73 Å². The van der Waals surface area contributed by atoms with Crippen LogP contribution in [0.2, 0.25) is 0 Å². The third-order valence-electron chi connectivity index (χ3n) is 4.30. The summed E-state index contributed by atoms with van der Waals surface area (Å²) in [6.07, 6.45) is 2.58. The van der Waals surface area contributed by atoms with Crippen molar-refractivity contribution in [2.45, 2.75) is 42.8 Å². The van der Waals surface area contributed by atoms with Crippen molar-refractivity contribution >= 4 is 10.0 Å². The van der Waals surface area contributed by atoms with Crippen molar-refractivity contribution in [3.8, 4) is 0 Å². The fourth-order valence-corrected chi connectivity index (χ4v) is 5.20. The van der Waals surface area contributed by atoms with Gasteiger partial charge in [0, 0.05) is 18.7 Å². The van der Waals surface area contributed by atoms with Crippen LogP contribution < -0.4 is 5.73 Å². The van der Waals surface area contributed by atoms with Gasteiger partial charge in [0.25, 0.3) is 0 Å². The Balaban J connectivity index is 2.02. The predicted molar refractivity (Wildman–Crippen MR) is 75.6 cm³/mol. The van der Waals surface area contributed by atoms with Crippen LogP contribution in [-0.4, -0.2) is 38.0 Å². The third-order valence-corrected chi connectivity index (χ3v) is 6.31. The molecule has 1 aromatic rings. The summed E-state index contributed by atoms with van der Waals surface area (Å²) in [5, 5.41) is 0. The molecule has 1 saturated heterocycles. The number of nitrogens with two attached hydrogens (primary N) is 1. The molecule has 1 aliphatic heterocycles. The van der Waals surface area contributed by atoms with Gasteiger partial charge in [-0.2, -0.15) is 4.31 Å². The minimum Gasteiger partial charge on any atom is -0.375 e. The first-order valence-corrected chi connectivity index (χ1v) is 8.60. The van der Waals surface area contributed by atoms with Crippen molar-refractivity contribution in [3.05, 3.63) is 29.6 Å². The normalized spacial score (nSPS) is 26.8. The lowest BCUT2D eigenvalue weighted by atomic mass is 10.2. The highest BCUT2D eigenvalue weighted by Crippen LogP contribution is 2.34. The van der Waals surface area contributed by atoms with E-state index in [-0.39, 0.29) is 29.1 Å². The average Bonchev–Trinajstić information content (AvgIpc) is 2.95. The molecule has 1 aliphatic carbocycles. The summed E-state index contributed by atoms with van der Waals surface area (Å²) < 4.78 is 46.8. The summed E-state index contributed by atoms with van der Waals surface area (Å²) >= 11 is 0. The van der Waals surface area contributed by atoms with Gasteiger partial charge >= 0.3 is 0 Å². The zero-order chi connectivity index (χ0) is 15.0. The van der Waals surface area contributed by atoms with E-state index in [0.717, 1.165) is 19.3 Å². The average molecular weight is 314 g/mol. The number of benzene rings is 1. The number of hydrogen-bond donors (Lipinski definition) is 1. The summed E-state index contributed by atoms with van der Waals surface area (Å²) in [5.74, 6) is -0.574. The van der Waals surface area contributed by atoms with E-state index < -0.39 is 15.8 Å². The van der Waals surface area contributed by atoms with E-state index in [1.807, 2.05) is 0 Å². The Labute approximate surface area is 123 Å². The maximum atomic E-state index is 13.8. The molecular formula is C14H19FN2O3S. The van der Waals surface area contributed by atoms with Gasteiger partial charge in [0.05, 0.1) is 23.6 Å². The van der Waals surface area contributed by atoms with Crippen LogP contribution in [0.1, 0.15) is 24.8 Å². The molecule has 2 unspecified atom stereocenters. The predicted octanol–water partition coefficient (Wildman–Crippen LogP) is 1.23. The maximum absolute atomic E-state index is 13.8. The lowest BCUT2D eigenvalue weighted by molar-refractivity contribution is -0.0242. The Morgan fingerprint density at radius 2 is 2.19 bits per heavy atom. The molecule has 2 aliphatic rings. The van der Waals surface area contributed by atoms with E-state index >= 15 is 0 Å². The number of fused-ring (bicyclic) bond motifs is 1. The zero-order valence-corrected chi connectivity index (χ0v) is 12.5. The molecule has 1 heterocycles. The van der Waals surface area contributed by atoms with Crippen molar-refractivity contribution in [2.75, 3.05) is 13.2 Å². The monoisotopic (exact) mass is 314 g/mol. The molecule has 116 valence electrons. The second kappa shape index (κ2) is 5.64. The smallest absolute Gasteiger partial charge is 0.243 e. The second-order valence-corrected chi connectivity index (χ2v) is 7.30. The largest absolute Gasteiger partial charge is 0.375 e. The fraction of sp³-hybridized carbons (Fsp3) is 0.571. The van der Waals surface area contributed by atoms with Crippen LogP contribution in [0, 0.1) is 5.82 Å². The third kappa shape index (κ3) is 2.48. The van der Waals surface area contributed by atoms with Gasteiger partial charge in [0.15, 0.2) is 0 Å². The Bertz CT molecular complexity index is 635. The molecule has 2 fully saturated rings. The summed E-state index contributed by atoms with van der Waals surface area (Å²) in [6, 6.07) is 3.94. The highest BCUT2D eigenvalue weighted by Gasteiger charge is 2.42. The van der Waals surface area contributed by atoms with Crippen LogP contribution in [0.3, 0.4) is 0 Å². The van der Waals surface area contributed by atoms with Gasteiger partial charge in [-0.1, -0.05) is 6.07 Å². The van der Waals surface area contributed by atoms with Crippen molar-refractivity contribution in [3.63, 3.8) is 0 Å². The summed E-state index contributed by atoms with van der Waals surface area (Å²) in [7, 11) is -3.75. The van der Waals surface area contributed by atoms with Gasteiger partial charge in [-0.05, 0) is 31.4 Å². The first-order valence-electron chi connectivity index (χ1n) is 7.16. The minimum absolute atomic E-state index is 0.0162. The fourth-order valence-electron chi connectivity index (χ4n) is 3.29. The Hall–Kier alpha value is -1.02. The molecular weight excluding hydrogens is 295 g/mol.